The van der Waals surface area contributed by atoms with Gasteiger partial charge in [0.25, 0.3) is 5.91 Å². The summed E-state index contributed by atoms with van der Waals surface area (Å²) in [6.45, 7) is 3.26. The fraction of sp³-hybridized carbons (Fsp3) is 0.333. The molecular formula is C15H17N3O2. The minimum atomic E-state index is 0.0793. The van der Waals surface area contributed by atoms with Gasteiger partial charge in [0, 0.05) is 31.0 Å². The van der Waals surface area contributed by atoms with Gasteiger partial charge in [0.2, 0.25) is 0 Å². The summed E-state index contributed by atoms with van der Waals surface area (Å²) in [4.78, 5) is 14.2. The highest BCUT2D eigenvalue weighted by Crippen LogP contribution is 2.11. The highest BCUT2D eigenvalue weighted by Gasteiger charge is 2.18. The number of hydrogen-bond donors (Lipinski definition) is 0. The molecule has 1 aliphatic heterocycles. The van der Waals surface area contributed by atoms with E-state index >= 15 is 0 Å². The molecule has 0 saturated carbocycles. The highest BCUT2D eigenvalue weighted by atomic mass is 16.5. The van der Waals surface area contributed by atoms with Crippen molar-refractivity contribution in [1.29, 1.82) is 0 Å². The lowest BCUT2D eigenvalue weighted by Crippen LogP contribution is -2.40. The molecule has 0 atom stereocenters. The lowest BCUT2D eigenvalue weighted by atomic mass is 10.1. The van der Waals surface area contributed by atoms with Gasteiger partial charge in [-0.25, -0.2) is 0 Å². The Morgan fingerprint density at radius 1 is 1.25 bits per heavy atom. The molecule has 0 radical (unpaired) electrons. The summed E-state index contributed by atoms with van der Waals surface area (Å²) in [7, 11) is 0. The molecule has 1 aromatic heterocycles. The van der Waals surface area contributed by atoms with Gasteiger partial charge >= 0.3 is 0 Å². The quantitative estimate of drug-likeness (QED) is 0.848. The van der Waals surface area contributed by atoms with E-state index in [0.29, 0.717) is 32.8 Å². The summed E-state index contributed by atoms with van der Waals surface area (Å²) in [6, 6.07) is 9.64. The van der Waals surface area contributed by atoms with Crippen LogP contribution in [0.25, 0.3) is 0 Å². The SMILES string of the molecule is O=C(c1cccc(Cn2cccn2)c1)N1CCOCC1. The maximum Gasteiger partial charge on any atom is 0.254 e. The third-order valence-electron chi connectivity index (χ3n) is 3.38. The second kappa shape index (κ2) is 5.88. The Bertz CT molecular complexity index is 575. The van der Waals surface area contributed by atoms with Crippen LogP contribution in [-0.2, 0) is 11.3 Å². The molecule has 104 valence electrons. The first-order chi connectivity index (χ1) is 9.83. The van der Waals surface area contributed by atoms with Crippen LogP contribution in [-0.4, -0.2) is 46.9 Å². The van der Waals surface area contributed by atoms with E-state index in [9.17, 15) is 4.79 Å². The number of morpholine rings is 1. The number of rotatable bonds is 3. The fourth-order valence-corrected chi connectivity index (χ4v) is 2.33. The standard InChI is InChI=1S/C15H17N3O2/c19-15(17-7-9-20-10-8-17)14-4-1-3-13(11-14)12-18-6-2-5-16-18/h1-6,11H,7-10,12H2. The normalized spacial score (nSPS) is 15.3. The first kappa shape index (κ1) is 12.9. The van der Waals surface area contributed by atoms with Crippen molar-refractivity contribution in [3.63, 3.8) is 0 Å². The van der Waals surface area contributed by atoms with E-state index in [0.717, 1.165) is 11.1 Å². The molecule has 0 aliphatic carbocycles. The van der Waals surface area contributed by atoms with Crippen molar-refractivity contribution in [2.75, 3.05) is 26.3 Å². The van der Waals surface area contributed by atoms with Crippen molar-refractivity contribution in [1.82, 2.24) is 14.7 Å². The number of carbonyl (C=O) groups is 1. The summed E-state index contributed by atoms with van der Waals surface area (Å²) in [5.74, 6) is 0.0793. The van der Waals surface area contributed by atoms with Gasteiger partial charge in [-0.3, -0.25) is 9.48 Å². The van der Waals surface area contributed by atoms with Crippen molar-refractivity contribution in [2.45, 2.75) is 6.54 Å². The molecule has 20 heavy (non-hydrogen) atoms. The predicted octanol–water partition coefficient (Wildman–Crippen LogP) is 1.40. The molecule has 2 aromatic rings. The van der Waals surface area contributed by atoms with E-state index in [1.807, 2.05) is 46.1 Å². The van der Waals surface area contributed by atoms with E-state index in [1.165, 1.54) is 0 Å². The minimum absolute atomic E-state index is 0.0793. The zero-order valence-corrected chi connectivity index (χ0v) is 11.2. The van der Waals surface area contributed by atoms with Crippen LogP contribution < -0.4 is 0 Å². The zero-order chi connectivity index (χ0) is 13.8. The first-order valence-corrected chi connectivity index (χ1v) is 6.76. The molecule has 1 fully saturated rings. The van der Waals surface area contributed by atoms with Gasteiger partial charge in [0.15, 0.2) is 0 Å². The molecule has 3 rings (SSSR count). The Morgan fingerprint density at radius 3 is 2.85 bits per heavy atom. The van der Waals surface area contributed by atoms with Gasteiger partial charge in [-0.15, -0.1) is 0 Å². The van der Waals surface area contributed by atoms with Crippen LogP contribution in [0.15, 0.2) is 42.7 Å². The lowest BCUT2D eigenvalue weighted by molar-refractivity contribution is 0.0303. The van der Waals surface area contributed by atoms with Crippen LogP contribution in [0.5, 0.6) is 0 Å². The monoisotopic (exact) mass is 271 g/mol. The average Bonchev–Trinajstić information content (AvgIpc) is 3.01. The molecule has 1 amide bonds. The third kappa shape index (κ3) is 2.88. The number of carbonyl (C=O) groups excluding carboxylic acids is 1. The lowest BCUT2D eigenvalue weighted by Gasteiger charge is -2.27. The molecular weight excluding hydrogens is 254 g/mol. The maximum atomic E-state index is 12.4. The number of aromatic nitrogens is 2. The van der Waals surface area contributed by atoms with E-state index in [1.54, 1.807) is 6.20 Å². The smallest absolute Gasteiger partial charge is 0.254 e. The predicted molar refractivity (Wildman–Crippen MR) is 74.5 cm³/mol. The van der Waals surface area contributed by atoms with E-state index in [2.05, 4.69) is 5.10 Å². The second-order valence-electron chi connectivity index (χ2n) is 4.81. The molecule has 1 aromatic carbocycles. The highest BCUT2D eigenvalue weighted by molar-refractivity contribution is 5.94. The fourth-order valence-electron chi connectivity index (χ4n) is 2.33. The van der Waals surface area contributed by atoms with Crippen molar-refractivity contribution < 1.29 is 9.53 Å². The summed E-state index contributed by atoms with van der Waals surface area (Å²) in [6.07, 6.45) is 3.67. The number of amides is 1. The molecule has 5 nitrogen and oxygen atoms in total. The first-order valence-electron chi connectivity index (χ1n) is 6.76. The molecule has 0 bridgehead atoms. The van der Waals surface area contributed by atoms with Crippen LogP contribution in [0.3, 0.4) is 0 Å². The van der Waals surface area contributed by atoms with Crippen LogP contribution in [0, 0.1) is 0 Å². The molecule has 0 spiro atoms. The molecule has 1 saturated heterocycles. The molecule has 0 unspecified atom stereocenters. The van der Waals surface area contributed by atoms with E-state index < -0.39 is 0 Å². The van der Waals surface area contributed by atoms with Gasteiger partial charge in [0.05, 0.1) is 19.8 Å². The van der Waals surface area contributed by atoms with Gasteiger partial charge in [-0.1, -0.05) is 12.1 Å². The Labute approximate surface area is 117 Å². The molecule has 2 heterocycles. The third-order valence-corrected chi connectivity index (χ3v) is 3.38. The number of hydrogen-bond acceptors (Lipinski definition) is 3. The van der Waals surface area contributed by atoms with Crippen molar-refractivity contribution >= 4 is 5.91 Å². The summed E-state index contributed by atoms with van der Waals surface area (Å²) in [5, 5.41) is 4.18. The van der Waals surface area contributed by atoms with Crippen molar-refractivity contribution in [2.24, 2.45) is 0 Å². The van der Waals surface area contributed by atoms with Crippen LogP contribution in [0.2, 0.25) is 0 Å². The molecule has 0 N–H and O–H groups in total. The number of benzene rings is 1. The largest absolute Gasteiger partial charge is 0.378 e. The summed E-state index contributed by atoms with van der Waals surface area (Å²) in [5.41, 5.74) is 1.81. The number of nitrogens with zero attached hydrogens (tertiary/aromatic N) is 3. The van der Waals surface area contributed by atoms with E-state index in [-0.39, 0.29) is 5.91 Å². The van der Waals surface area contributed by atoms with Gasteiger partial charge < -0.3 is 9.64 Å². The average molecular weight is 271 g/mol. The van der Waals surface area contributed by atoms with Crippen molar-refractivity contribution in [3.8, 4) is 0 Å². The molecule has 5 heteroatoms. The number of ether oxygens (including phenoxy) is 1. The summed E-state index contributed by atoms with van der Waals surface area (Å²) < 4.78 is 7.12. The van der Waals surface area contributed by atoms with Crippen LogP contribution >= 0.6 is 0 Å². The second-order valence-corrected chi connectivity index (χ2v) is 4.81. The Balaban J connectivity index is 1.74. The Hall–Kier alpha value is -2.14. The Morgan fingerprint density at radius 2 is 2.10 bits per heavy atom. The maximum absolute atomic E-state index is 12.4. The Kier molecular flexibility index (Phi) is 3.78. The van der Waals surface area contributed by atoms with Gasteiger partial charge in [-0.2, -0.15) is 5.10 Å². The van der Waals surface area contributed by atoms with Gasteiger partial charge in [-0.05, 0) is 23.8 Å². The molecule has 1 aliphatic rings. The van der Waals surface area contributed by atoms with Crippen molar-refractivity contribution in [3.05, 3.63) is 53.9 Å². The van der Waals surface area contributed by atoms with Crippen LogP contribution in [0.4, 0.5) is 0 Å². The van der Waals surface area contributed by atoms with E-state index in [4.69, 9.17) is 4.74 Å². The zero-order valence-electron chi connectivity index (χ0n) is 11.2. The van der Waals surface area contributed by atoms with Gasteiger partial charge in [0.1, 0.15) is 0 Å². The topological polar surface area (TPSA) is 47.4 Å². The summed E-state index contributed by atoms with van der Waals surface area (Å²) >= 11 is 0. The van der Waals surface area contributed by atoms with Crippen LogP contribution in [0.1, 0.15) is 15.9 Å². The minimum Gasteiger partial charge on any atom is -0.378 e.